The van der Waals surface area contributed by atoms with Gasteiger partial charge in [-0.05, 0) is 44.4 Å². The first-order valence-corrected chi connectivity index (χ1v) is 15.9. The van der Waals surface area contributed by atoms with Crippen molar-refractivity contribution in [3.05, 3.63) is 42.3 Å². The van der Waals surface area contributed by atoms with Gasteiger partial charge in [0.15, 0.2) is 23.1 Å². The van der Waals surface area contributed by atoms with Crippen LogP contribution in [0.25, 0.3) is 0 Å². The van der Waals surface area contributed by atoms with Gasteiger partial charge in [0.05, 0.1) is 12.8 Å². The molecule has 0 saturated carbocycles. The Morgan fingerprint density at radius 2 is 1.60 bits per heavy atom. The number of pyridine rings is 1. The van der Waals surface area contributed by atoms with Crippen molar-refractivity contribution in [3.8, 4) is 17.4 Å². The molecule has 0 bridgehead atoms. The van der Waals surface area contributed by atoms with E-state index in [-0.39, 0.29) is 55.0 Å². The third-order valence-electron chi connectivity index (χ3n) is 6.87. The van der Waals surface area contributed by atoms with Crippen LogP contribution in [0.2, 0.25) is 0 Å². The summed E-state index contributed by atoms with van der Waals surface area (Å²) in [6.07, 6.45) is 3.63. The van der Waals surface area contributed by atoms with Crippen molar-refractivity contribution >= 4 is 17.3 Å². The summed E-state index contributed by atoms with van der Waals surface area (Å²) in [7, 11) is 0. The predicted octanol–water partition coefficient (Wildman–Crippen LogP) is 5.49. The van der Waals surface area contributed by atoms with Crippen LogP contribution >= 0.6 is 0 Å². The average Bonchev–Trinajstić information content (AvgIpc) is 3.01. The van der Waals surface area contributed by atoms with E-state index in [0.717, 1.165) is 18.7 Å². The zero-order valence-electron chi connectivity index (χ0n) is 27.7. The maximum atomic E-state index is 14.3. The highest BCUT2D eigenvalue weighted by Crippen LogP contribution is 2.23. The van der Waals surface area contributed by atoms with Crippen LogP contribution in [0, 0.1) is 17.7 Å². The number of rotatable bonds is 25. The standard InChI is InChI=1S/C34H52FN3O7/c1-24(2)31(39)22-42-16-7-15-41-18-19-43-33-20-28(10-12-30(33)35)38-27(6)9-8-26(5)32(40)23-45-29-11-13-34(37-21-29)44-17-14-36-25(3)4/h10-13,20-21,24-27,36,38H,7-9,14-19,22-23H2,1-6H3. The second-order valence-corrected chi connectivity index (χ2v) is 11.7. The predicted molar refractivity (Wildman–Crippen MR) is 173 cm³/mol. The summed E-state index contributed by atoms with van der Waals surface area (Å²) in [6, 6.07) is 8.57. The number of ketones is 2. The Bertz CT molecular complexity index is 1130. The molecule has 0 aliphatic heterocycles. The summed E-state index contributed by atoms with van der Waals surface area (Å²) < 4.78 is 42.0. The van der Waals surface area contributed by atoms with Crippen LogP contribution in [0.1, 0.15) is 60.8 Å². The Morgan fingerprint density at radius 3 is 2.31 bits per heavy atom. The number of carbonyl (C=O) groups is 2. The Labute approximate surface area is 267 Å². The van der Waals surface area contributed by atoms with Gasteiger partial charge in [-0.15, -0.1) is 0 Å². The molecule has 0 spiro atoms. The summed E-state index contributed by atoms with van der Waals surface area (Å²) in [5.74, 6) is 0.593. The molecule has 0 amide bonds. The minimum Gasteiger partial charge on any atom is -0.488 e. The van der Waals surface area contributed by atoms with E-state index < -0.39 is 5.82 Å². The van der Waals surface area contributed by atoms with Crippen LogP contribution in [-0.4, -0.2) is 81.4 Å². The fourth-order valence-electron chi connectivity index (χ4n) is 3.97. The van der Waals surface area contributed by atoms with E-state index in [1.165, 1.54) is 6.07 Å². The Kier molecular flexibility index (Phi) is 18.1. The van der Waals surface area contributed by atoms with Crippen molar-refractivity contribution < 1.29 is 37.7 Å². The van der Waals surface area contributed by atoms with Gasteiger partial charge in [0.25, 0.3) is 0 Å². The van der Waals surface area contributed by atoms with E-state index in [1.807, 2.05) is 27.7 Å². The lowest BCUT2D eigenvalue weighted by Gasteiger charge is -2.18. The van der Waals surface area contributed by atoms with E-state index >= 15 is 0 Å². The van der Waals surface area contributed by atoms with Crippen LogP contribution in [0.3, 0.4) is 0 Å². The molecule has 0 saturated heterocycles. The molecule has 2 N–H and O–H groups in total. The zero-order chi connectivity index (χ0) is 33.0. The first kappa shape index (κ1) is 37.9. The number of benzene rings is 1. The van der Waals surface area contributed by atoms with Crippen LogP contribution in [-0.2, 0) is 19.1 Å². The summed E-state index contributed by atoms with van der Waals surface area (Å²) in [5, 5.41) is 6.63. The van der Waals surface area contributed by atoms with Gasteiger partial charge >= 0.3 is 0 Å². The number of Topliss-reactive ketones (excluding diaryl/α,β-unsaturated/α-hetero) is 2. The van der Waals surface area contributed by atoms with Crippen molar-refractivity contribution in [1.29, 1.82) is 0 Å². The molecule has 252 valence electrons. The molecule has 1 aromatic carbocycles. The van der Waals surface area contributed by atoms with Crippen LogP contribution in [0.5, 0.6) is 17.4 Å². The quantitative estimate of drug-likeness (QED) is 0.136. The SMILES string of the molecule is CC(C)NCCOc1ccc(OCC(=O)C(C)CCC(C)Nc2ccc(F)c(OCCOCCCOCC(=O)C(C)C)c2)cn1. The van der Waals surface area contributed by atoms with Gasteiger partial charge in [0.2, 0.25) is 5.88 Å². The minimum atomic E-state index is -0.452. The number of aromatic nitrogens is 1. The lowest BCUT2D eigenvalue weighted by molar-refractivity contribution is -0.126. The number of ether oxygens (including phenoxy) is 5. The van der Waals surface area contributed by atoms with Gasteiger partial charge in [0.1, 0.15) is 32.2 Å². The van der Waals surface area contributed by atoms with Crippen molar-refractivity contribution in [1.82, 2.24) is 10.3 Å². The maximum Gasteiger partial charge on any atom is 0.213 e. The van der Waals surface area contributed by atoms with E-state index in [4.69, 9.17) is 23.7 Å². The molecule has 0 aliphatic rings. The van der Waals surface area contributed by atoms with Crippen LogP contribution < -0.4 is 24.8 Å². The fourth-order valence-corrected chi connectivity index (χ4v) is 3.97. The number of nitrogens with zero attached hydrogens (tertiary/aromatic N) is 1. The smallest absolute Gasteiger partial charge is 0.213 e. The molecule has 45 heavy (non-hydrogen) atoms. The van der Waals surface area contributed by atoms with Gasteiger partial charge in [-0.2, -0.15) is 0 Å². The highest BCUT2D eigenvalue weighted by Gasteiger charge is 2.16. The molecule has 2 rings (SSSR count). The van der Waals surface area contributed by atoms with Gasteiger partial charge in [-0.3, -0.25) is 9.59 Å². The lowest BCUT2D eigenvalue weighted by Crippen LogP contribution is -2.27. The van der Waals surface area contributed by atoms with Crippen LogP contribution in [0.4, 0.5) is 10.1 Å². The highest BCUT2D eigenvalue weighted by atomic mass is 19.1. The molecule has 2 atom stereocenters. The van der Waals surface area contributed by atoms with Gasteiger partial charge in [-0.25, -0.2) is 9.37 Å². The summed E-state index contributed by atoms with van der Waals surface area (Å²) in [6.45, 7) is 14.5. The third-order valence-corrected chi connectivity index (χ3v) is 6.87. The highest BCUT2D eigenvalue weighted by molar-refractivity contribution is 5.82. The van der Waals surface area contributed by atoms with Gasteiger partial charge in [0, 0.05) is 61.5 Å². The average molecular weight is 634 g/mol. The number of nitrogens with one attached hydrogen (secondary N) is 2. The molecule has 10 nitrogen and oxygen atoms in total. The molecule has 0 radical (unpaired) electrons. The van der Waals surface area contributed by atoms with Crippen molar-refractivity contribution in [2.75, 3.05) is 58.1 Å². The summed E-state index contributed by atoms with van der Waals surface area (Å²) >= 11 is 0. The molecule has 1 aromatic heterocycles. The Hall–Kier alpha value is -3.28. The van der Waals surface area contributed by atoms with Gasteiger partial charge < -0.3 is 34.3 Å². The summed E-state index contributed by atoms with van der Waals surface area (Å²) in [5.41, 5.74) is 0.728. The third kappa shape index (κ3) is 16.6. The minimum absolute atomic E-state index is 0.00993. The molecule has 1 heterocycles. The fraction of sp³-hybridized carbons (Fsp3) is 0.618. The normalized spacial score (nSPS) is 12.6. The topological polar surface area (TPSA) is 117 Å². The maximum absolute atomic E-state index is 14.3. The number of hydrogen-bond acceptors (Lipinski definition) is 10. The number of anilines is 1. The molecular weight excluding hydrogens is 581 g/mol. The second kappa shape index (κ2) is 21.5. The van der Waals surface area contributed by atoms with Crippen LogP contribution in [0.15, 0.2) is 36.5 Å². The molecular formula is C34H52FN3O7. The second-order valence-electron chi connectivity index (χ2n) is 11.7. The van der Waals surface area contributed by atoms with E-state index in [0.29, 0.717) is 56.9 Å². The first-order valence-electron chi connectivity index (χ1n) is 15.9. The number of hydrogen-bond donors (Lipinski definition) is 2. The molecule has 2 unspecified atom stereocenters. The van der Waals surface area contributed by atoms with E-state index in [2.05, 4.69) is 29.5 Å². The van der Waals surface area contributed by atoms with E-state index in [9.17, 15) is 14.0 Å². The van der Waals surface area contributed by atoms with E-state index in [1.54, 1.807) is 30.5 Å². The lowest BCUT2D eigenvalue weighted by atomic mass is 9.98. The monoisotopic (exact) mass is 633 g/mol. The largest absolute Gasteiger partial charge is 0.488 e. The first-order chi connectivity index (χ1) is 21.5. The summed E-state index contributed by atoms with van der Waals surface area (Å²) in [4.78, 5) is 28.4. The number of halogens is 1. The molecule has 0 aliphatic carbocycles. The number of carbonyl (C=O) groups excluding carboxylic acids is 2. The Balaban J connectivity index is 1.63. The van der Waals surface area contributed by atoms with Crippen molar-refractivity contribution in [2.24, 2.45) is 11.8 Å². The van der Waals surface area contributed by atoms with Gasteiger partial charge in [-0.1, -0.05) is 34.6 Å². The molecule has 11 heteroatoms. The zero-order valence-corrected chi connectivity index (χ0v) is 27.7. The van der Waals surface area contributed by atoms with Crippen molar-refractivity contribution in [2.45, 2.75) is 72.9 Å². The van der Waals surface area contributed by atoms with Crippen molar-refractivity contribution in [3.63, 3.8) is 0 Å². The Morgan fingerprint density at radius 1 is 0.822 bits per heavy atom. The molecule has 0 fully saturated rings. The molecule has 2 aromatic rings.